The summed E-state index contributed by atoms with van der Waals surface area (Å²) in [5.74, 6) is 3.89. The summed E-state index contributed by atoms with van der Waals surface area (Å²) in [6.07, 6.45) is 2.01. The molecule has 2 heteroatoms. The van der Waals surface area contributed by atoms with Crippen molar-refractivity contribution in [3.05, 3.63) is 29.8 Å². The van der Waals surface area contributed by atoms with Crippen molar-refractivity contribution >= 4 is 16.4 Å². The summed E-state index contributed by atoms with van der Waals surface area (Å²) in [5.41, 5.74) is 0.744. The first-order valence-corrected chi connectivity index (χ1v) is 5.00. The molecule has 0 aromatic heterocycles. The molecule has 1 aromatic carbocycles. The summed E-state index contributed by atoms with van der Waals surface area (Å²) in [6.45, 7) is 0. The van der Waals surface area contributed by atoms with Crippen LogP contribution in [0.15, 0.2) is 29.2 Å². The number of hydrogen-bond acceptors (Lipinski definition) is 1. The molecule has 0 radical (unpaired) electrons. The predicted molar refractivity (Wildman–Crippen MR) is 50.1 cm³/mol. The van der Waals surface area contributed by atoms with E-state index < -0.39 is 0 Å². The number of rotatable bonds is 1. The van der Waals surface area contributed by atoms with Crippen molar-refractivity contribution in [1.82, 2.24) is 0 Å². The number of nitrogens with zero attached hydrogens (tertiary/aromatic N) is 1. The first-order valence-electron chi connectivity index (χ1n) is 3.20. The van der Waals surface area contributed by atoms with E-state index in [1.54, 1.807) is 0 Å². The van der Waals surface area contributed by atoms with E-state index in [0.717, 1.165) is 10.5 Å². The van der Waals surface area contributed by atoms with Crippen LogP contribution < -0.4 is 0 Å². The van der Waals surface area contributed by atoms with Crippen molar-refractivity contribution in [2.24, 2.45) is 0 Å². The van der Waals surface area contributed by atoms with Gasteiger partial charge < -0.3 is 0 Å². The van der Waals surface area contributed by atoms with Gasteiger partial charge in [-0.15, -0.1) is 0 Å². The van der Waals surface area contributed by atoms with E-state index in [1.165, 1.54) is 0 Å². The lowest BCUT2D eigenvalue weighted by Gasteiger charge is -2.01. The summed E-state index contributed by atoms with van der Waals surface area (Å²) in [5, 5.41) is 8.69. The summed E-state index contributed by atoms with van der Waals surface area (Å²) in [4.78, 5) is 1.05. The minimum atomic E-state index is -0.0629. The van der Waals surface area contributed by atoms with E-state index in [2.05, 4.69) is 11.9 Å². The molecule has 0 heterocycles. The number of nitriles is 1. The summed E-state index contributed by atoms with van der Waals surface area (Å²) >= 11 is 0. The standard InChI is InChI=1S/C9H9NS/c1-11(2)9-6-4-3-5-8(9)7-10/h3-6H,1H2,2H3. The molecule has 11 heavy (non-hydrogen) atoms. The van der Waals surface area contributed by atoms with Gasteiger partial charge in [-0.2, -0.15) is 15.7 Å². The molecule has 1 aromatic rings. The lowest BCUT2D eigenvalue weighted by Crippen LogP contribution is -1.79. The van der Waals surface area contributed by atoms with Crippen LogP contribution in [0.2, 0.25) is 0 Å². The fraction of sp³-hybridized carbons (Fsp3) is 0.111. The molecule has 56 valence electrons. The van der Waals surface area contributed by atoms with Gasteiger partial charge in [-0.25, -0.2) is 0 Å². The van der Waals surface area contributed by atoms with Gasteiger partial charge in [-0.3, -0.25) is 0 Å². The van der Waals surface area contributed by atoms with Crippen LogP contribution in [0.4, 0.5) is 0 Å². The summed E-state index contributed by atoms with van der Waals surface area (Å²) in [7, 11) is -0.0629. The Kier molecular flexibility index (Phi) is 2.45. The Morgan fingerprint density at radius 1 is 1.45 bits per heavy atom. The zero-order chi connectivity index (χ0) is 8.27. The predicted octanol–water partition coefficient (Wildman–Crippen LogP) is 2.25. The lowest BCUT2D eigenvalue weighted by atomic mass is 10.2. The second kappa shape index (κ2) is 3.36. The molecule has 0 amide bonds. The van der Waals surface area contributed by atoms with Gasteiger partial charge in [0, 0.05) is 4.90 Å². The van der Waals surface area contributed by atoms with Crippen LogP contribution in [0.25, 0.3) is 0 Å². The van der Waals surface area contributed by atoms with Crippen LogP contribution in [0, 0.1) is 11.3 Å². The molecule has 1 unspecified atom stereocenters. The molecule has 0 aliphatic heterocycles. The van der Waals surface area contributed by atoms with Crippen LogP contribution in [0.5, 0.6) is 0 Å². The molecule has 0 fully saturated rings. The van der Waals surface area contributed by atoms with E-state index in [1.807, 2.05) is 30.5 Å². The highest BCUT2D eigenvalue weighted by Crippen LogP contribution is 2.23. The van der Waals surface area contributed by atoms with Crippen LogP contribution in [-0.2, 0) is 0 Å². The molecular weight excluding hydrogens is 154 g/mol. The Morgan fingerprint density at radius 3 is 2.55 bits per heavy atom. The van der Waals surface area contributed by atoms with Crippen LogP contribution >= 0.6 is 10.5 Å². The third-order valence-electron chi connectivity index (χ3n) is 1.38. The molecule has 0 aliphatic rings. The van der Waals surface area contributed by atoms with Crippen molar-refractivity contribution in [1.29, 1.82) is 5.26 Å². The normalized spacial score (nSPS) is 12.0. The molecule has 0 saturated carbocycles. The molecule has 0 N–H and O–H groups in total. The van der Waals surface area contributed by atoms with Crippen molar-refractivity contribution in [3.63, 3.8) is 0 Å². The first-order chi connectivity index (χ1) is 5.25. The third kappa shape index (κ3) is 1.69. The smallest absolute Gasteiger partial charge is 0.100 e. The zero-order valence-electron chi connectivity index (χ0n) is 6.37. The Labute approximate surface area is 69.2 Å². The van der Waals surface area contributed by atoms with Gasteiger partial charge in [-0.05, 0) is 18.4 Å². The maximum absolute atomic E-state index is 8.69. The number of hydrogen-bond donors (Lipinski definition) is 0. The van der Waals surface area contributed by atoms with E-state index >= 15 is 0 Å². The van der Waals surface area contributed by atoms with Crippen molar-refractivity contribution < 1.29 is 0 Å². The van der Waals surface area contributed by atoms with Gasteiger partial charge in [0.1, 0.15) is 6.07 Å². The molecule has 0 saturated heterocycles. The largest absolute Gasteiger partial charge is 0.192 e. The van der Waals surface area contributed by atoms with E-state index in [0.29, 0.717) is 0 Å². The Bertz CT molecular complexity index is 323. The van der Waals surface area contributed by atoms with E-state index in [4.69, 9.17) is 5.26 Å². The highest BCUT2D eigenvalue weighted by Gasteiger charge is 1.97. The van der Waals surface area contributed by atoms with E-state index in [-0.39, 0.29) is 10.5 Å². The number of benzene rings is 1. The first kappa shape index (κ1) is 8.03. The molecule has 1 rings (SSSR count). The third-order valence-corrected chi connectivity index (χ3v) is 2.49. The van der Waals surface area contributed by atoms with Gasteiger partial charge in [0.05, 0.1) is 5.56 Å². The maximum atomic E-state index is 8.69. The maximum Gasteiger partial charge on any atom is 0.100 e. The van der Waals surface area contributed by atoms with Gasteiger partial charge in [-0.1, -0.05) is 18.0 Å². The zero-order valence-corrected chi connectivity index (χ0v) is 7.19. The second-order valence-electron chi connectivity index (χ2n) is 2.25. The minimum absolute atomic E-state index is 0.0629. The van der Waals surface area contributed by atoms with Gasteiger partial charge >= 0.3 is 0 Å². The van der Waals surface area contributed by atoms with E-state index in [9.17, 15) is 0 Å². The topological polar surface area (TPSA) is 23.8 Å². The average Bonchev–Trinajstić information content (AvgIpc) is 2.04. The Balaban J connectivity index is 3.26. The molecule has 0 bridgehead atoms. The van der Waals surface area contributed by atoms with Crippen LogP contribution in [0.1, 0.15) is 5.56 Å². The summed E-state index contributed by atoms with van der Waals surface area (Å²) < 4.78 is 0. The molecular formula is C9H9NS. The fourth-order valence-electron chi connectivity index (χ4n) is 0.863. The monoisotopic (exact) mass is 163 g/mol. The molecule has 1 atom stereocenters. The molecule has 0 spiro atoms. The SMILES string of the molecule is C=S(C)c1ccccc1C#N. The van der Waals surface area contributed by atoms with Crippen LogP contribution in [-0.4, -0.2) is 12.1 Å². The van der Waals surface area contributed by atoms with Crippen LogP contribution in [0.3, 0.4) is 0 Å². The second-order valence-corrected chi connectivity index (χ2v) is 3.96. The van der Waals surface area contributed by atoms with Crippen molar-refractivity contribution in [2.75, 3.05) is 6.26 Å². The van der Waals surface area contributed by atoms with Gasteiger partial charge in [0.2, 0.25) is 0 Å². The van der Waals surface area contributed by atoms with Gasteiger partial charge in [0.25, 0.3) is 0 Å². The Morgan fingerprint density at radius 2 is 2.09 bits per heavy atom. The average molecular weight is 163 g/mol. The minimum Gasteiger partial charge on any atom is -0.192 e. The Hall–Kier alpha value is -1.07. The highest BCUT2D eigenvalue weighted by molar-refractivity contribution is 8.13. The molecule has 1 nitrogen and oxygen atoms in total. The van der Waals surface area contributed by atoms with Crippen molar-refractivity contribution in [3.8, 4) is 6.07 Å². The molecule has 0 aliphatic carbocycles. The summed E-state index contributed by atoms with van der Waals surface area (Å²) in [6, 6.07) is 9.73. The van der Waals surface area contributed by atoms with Gasteiger partial charge in [0.15, 0.2) is 0 Å². The quantitative estimate of drug-likeness (QED) is 0.582. The fourth-order valence-corrected chi connectivity index (χ4v) is 1.66. The van der Waals surface area contributed by atoms with Crippen molar-refractivity contribution in [2.45, 2.75) is 4.90 Å². The lowest BCUT2D eigenvalue weighted by molar-refractivity contribution is 1.37. The highest BCUT2D eigenvalue weighted by atomic mass is 32.2.